The molecule has 0 heterocycles. The first kappa shape index (κ1) is 40.9. The number of unbranched alkanes of at least 4 members (excludes halogenated alkanes) is 8. The van der Waals surface area contributed by atoms with Gasteiger partial charge < -0.3 is 20.1 Å². The van der Waals surface area contributed by atoms with Crippen LogP contribution in [0, 0.1) is 11.8 Å². The van der Waals surface area contributed by atoms with Crippen LogP contribution in [-0.4, -0.2) is 61.3 Å². The molecule has 40 heavy (non-hydrogen) atoms. The van der Waals surface area contributed by atoms with Crippen LogP contribution >= 0.6 is 12.6 Å². The zero-order chi connectivity index (χ0) is 30.6. The third-order valence-corrected chi connectivity index (χ3v) is 7.20. The lowest BCUT2D eigenvalue weighted by atomic mass is 9.95. The Morgan fingerprint density at radius 1 is 0.625 bits per heavy atom. The highest BCUT2D eigenvalue weighted by Crippen LogP contribution is 2.20. The van der Waals surface area contributed by atoms with Crippen molar-refractivity contribution in [3.63, 3.8) is 0 Å². The number of carbonyl (C=O) groups is 3. The van der Waals surface area contributed by atoms with Gasteiger partial charge in [0.15, 0.2) is 0 Å². The highest BCUT2D eigenvalue weighted by molar-refractivity contribution is 7.79. The molecule has 0 saturated heterocycles. The number of hydrogen-bond acceptors (Lipinski definition) is 7. The van der Waals surface area contributed by atoms with E-state index in [1.54, 1.807) is 18.1 Å². The van der Waals surface area contributed by atoms with E-state index in [0.717, 1.165) is 77.0 Å². The van der Waals surface area contributed by atoms with Gasteiger partial charge in [-0.15, -0.1) is 0 Å². The average molecular weight is 589 g/mol. The van der Waals surface area contributed by atoms with Gasteiger partial charge in [-0.05, 0) is 38.9 Å². The Balaban J connectivity index is 0. The number of esters is 2. The third-order valence-electron chi connectivity index (χ3n) is 7.20. The smallest absolute Gasteiger partial charge is 0.308 e. The molecule has 3 atom stereocenters. The number of ether oxygens (including phenoxy) is 2. The van der Waals surface area contributed by atoms with Crippen LogP contribution in [0.1, 0.15) is 137 Å². The summed E-state index contributed by atoms with van der Waals surface area (Å²) in [4.78, 5) is 39.8. The summed E-state index contributed by atoms with van der Waals surface area (Å²) in [7, 11) is 0. The normalized spacial score (nSPS) is 13.0. The summed E-state index contributed by atoms with van der Waals surface area (Å²) in [5.41, 5.74) is 5.86. The Kier molecular flexibility index (Phi) is 29.8. The second-order valence-electron chi connectivity index (χ2n) is 10.8. The molecule has 0 rings (SSSR count). The number of hydrogen-bond donors (Lipinski definition) is 2. The topological polar surface area (TPSA) is 98.9 Å². The van der Waals surface area contributed by atoms with Gasteiger partial charge in [0.25, 0.3) is 0 Å². The Hall–Kier alpha value is -1.28. The lowest BCUT2D eigenvalue weighted by Crippen LogP contribution is -2.45. The van der Waals surface area contributed by atoms with Gasteiger partial charge in [0, 0.05) is 0 Å². The van der Waals surface area contributed by atoms with Gasteiger partial charge in [-0.1, -0.05) is 105 Å². The molecule has 7 nitrogen and oxygen atoms in total. The monoisotopic (exact) mass is 588 g/mol. The molecule has 0 spiro atoms. The Bertz CT molecular complexity index is 576. The first-order valence-corrected chi connectivity index (χ1v) is 17.0. The minimum Gasteiger partial charge on any atom is -0.464 e. The van der Waals surface area contributed by atoms with Crippen molar-refractivity contribution in [1.29, 1.82) is 0 Å². The predicted octanol–water partition coefficient (Wildman–Crippen LogP) is 7.35. The number of thiol groups is 1. The zero-order valence-electron chi connectivity index (χ0n) is 26.9. The summed E-state index contributed by atoms with van der Waals surface area (Å²) in [5, 5.41) is 0. The molecule has 238 valence electrons. The zero-order valence-corrected chi connectivity index (χ0v) is 27.8. The van der Waals surface area contributed by atoms with Crippen molar-refractivity contribution in [3.05, 3.63) is 0 Å². The minimum atomic E-state index is -0.673. The first-order chi connectivity index (χ1) is 19.3. The number of carbonyl (C=O) groups excluding carboxylic acids is 3. The summed E-state index contributed by atoms with van der Waals surface area (Å²) >= 11 is 3.53. The van der Waals surface area contributed by atoms with Crippen LogP contribution < -0.4 is 5.73 Å². The summed E-state index contributed by atoms with van der Waals surface area (Å²) in [6.07, 6.45) is 18.3. The molecule has 0 fully saturated rings. The maximum Gasteiger partial charge on any atom is 0.308 e. The molecular formula is C32H64N2O5S. The van der Waals surface area contributed by atoms with E-state index in [0.29, 0.717) is 0 Å². The molecule has 0 aromatic rings. The summed E-state index contributed by atoms with van der Waals surface area (Å²) in [5.74, 6) is -0.737. The van der Waals surface area contributed by atoms with Gasteiger partial charge in [0.1, 0.15) is 13.2 Å². The maximum atomic E-state index is 12.8. The van der Waals surface area contributed by atoms with E-state index in [2.05, 4.69) is 40.3 Å². The van der Waals surface area contributed by atoms with E-state index in [1.165, 1.54) is 25.7 Å². The van der Waals surface area contributed by atoms with Crippen molar-refractivity contribution in [2.24, 2.45) is 17.6 Å². The van der Waals surface area contributed by atoms with Crippen LogP contribution in [-0.2, 0) is 23.9 Å². The quantitative estimate of drug-likeness (QED) is 0.0657. The molecule has 0 bridgehead atoms. The van der Waals surface area contributed by atoms with E-state index in [-0.39, 0.29) is 56.0 Å². The third kappa shape index (κ3) is 21.5. The van der Waals surface area contributed by atoms with Crippen LogP contribution in [0.3, 0.4) is 0 Å². The molecule has 0 aromatic carbocycles. The average Bonchev–Trinajstić information content (AvgIpc) is 2.96. The Morgan fingerprint density at radius 2 is 0.975 bits per heavy atom. The van der Waals surface area contributed by atoms with E-state index < -0.39 is 6.04 Å². The van der Waals surface area contributed by atoms with Crippen molar-refractivity contribution >= 4 is 30.5 Å². The molecule has 0 aliphatic carbocycles. The predicted molar refractivity (Wildman–Crippen MR) is 171 cm³/mol. The fraction of sp³-hybridized carbons (Fsp3) is 0.906. The van der Waals surface area contributed by atoms with Crippen molar-refractivity contribution in [2.45, 2.75) is 143 Å². The van der Waals surface area contributed by atoms with Crippen LogP contribution in [0.15, 0.2) is 0 Å². The van der Waals surface area contributed by atoms with Crippen molar-refractivity contribution in [1.82, 2.24) is 4.90 Å². The van der Waals surface area contributed by atoms with Crippen molar-refractivity contribution in [3.8, 4) is 0 Å². The molecule has 8 heteroatoms. The summed E-state index contributed by atoms with van der Waals surface area (Å²) < 4.78 is 11.2. The second-order valence-corrected chi connectivity index (χ2v) is 10.8. The number of amides is 1. The van der Waals surface area contributed by atoms with E-state index in [9.17, 15) is 14.4 Å². The molecule has 0 aliphatic rings. The van der Waals surface area contributed by atoms with Crippen LogP contribution in [0.25, 0.3) is 0 Å². The van der Waals surface area contributed by atoms with Crippen LogP contribution in [0.4, 0.5) is 0 Å². The molecule has 0 saturated carbocycles. The number of rotatable bonds is 25. The minimum absolute atomic E-state index is 0.0808. The van der Waals surface area contributed by atoms with E-state index >= 15 is 0 Å². The summed E-state index contributed by atoms with van der Waals surface area (Å²) in [6, 6.07) is -0.673. The van der Waals surface area contributed by atoms with Crippen LogP contribution in [0.5, 0.6) is 0 Å². The highest BCUT2D eigenvalue weighted by Gasteiger charge is 2.23. The maximum absolute atomic E-state index is 12.8. The molecule has 0 aliphatic heterocycles. The first-order valence-electron chi connectivity index (χ1n) is 16.1. The standard InChI is InChI=1S/C31H60N2O5.CH4S/c1-6-10-14-16-20-27(18-12-8-3)30(35)37-24-22-33(29(34)26(5)32)23-25-38-31(36)28(19-13-9-4)21-17-15-11-7-2;1-2/h26-28H,6-25,32H2,1-5H3;2H,1H3. The number of nitrogens with two attached hydrogens (primary N) is 1. The second kappa shape index (κ2) is 29.2. The van der Waals surface area contributed by atoms with Gasteiger partial charge in [-0.3, -0.25) is 14.4 Å². The molecule has 0 radical (unpaired) electrons. The van der Waals surface area contributed by atoms with E-state index in [1.807, 2.05) is 0 Å². The van der Waals surface area contributed by atoms with Gasteiger partial charge in [0.05, 0.1) is 31.0 Å². The fourth-order valence-electron chi connectivity index (χ4n) is 4.66. The lowest BCUT2D eigenvalue weighted by molar-refractivity contribution is -0.152. The summed E-state index contributed by atoms with van der Waals surface area (Å²) in [6.45, 7) is 11.0. The van der Waals surface area contributed by atoms with Gasteiger partial charge >= 0.3 is 11.9 Å². The molecule has 3 unspecified atom stereocenters. The Labute approximate surface area is 252 Å². The van der Waals surface area contributed by atoms with Gasteiger partial charge in [0.2, 0.25) is 5.91 Å². The largest absolute Gasteiger partial charge is 0.464 e. The van der Waals surface area contributed by atoms with Crippen molar-refractivity contribution < 1.29 is 23.9 Å². The van der Waals surface area contributed by atoms with Crippen LogP contribution in [0.2, 0.25) is 0 Å². The molecule has 1 amide bonds. The van der Waals surface area contributed by atoms with Crippen molar-refractivity contribution in [2.75, 3.05) is 32.6 Å². The van der Waals surface area contributed by atoms with Gasteiger partial charge in [-0.25, -0.2) is 0 Å². The lowest BCUT2D eigenvalue weighted by Gasteiger charge is -2.25. The fourth-order valence-corrected chi connectivity index (χ4v) is 4.66. The van der Waals surface area contributed by atoms with Gasteiger partial charge in [-0.2, -0.15) is 12.6 Å². The Morgan fingerprint density at radius 3 is 1.30 bits per heavy atom. The molecular weight excluding hydrogens is 524 g/mol. The SMILES string of the molecule is CCCCCCC(CCCC)C(=O)OCCN(CCOC(=O)C(CCCC)CCCCCC)C(=O)C(C)N.CS. The van der Waals surface area contributed by atoms with E-state index in [4.69, 9.17) is 15.2 Å². The molecule has 2 N–H and O–H groups in total. The highest BCUT2D eigenvalue weighted by atomic mass is 32.1. The molecule has 0 aromatic heterocycles. The number of nitrogens with zero attached hydrogens (tertiary/aromatic N) is 1.